The summed E-state index contributed by atoms with van der Waals surface area (Å²) < 4.78 is 23.6. The quantitative estimate of drug-likeness (QED) is 0.678. The molecule has 1 aliphatic rings. The molecule has 0 bridgehead atoms. The molecule has 106 valence electrons. The molecule has 0 heterocycles. The van der Waals surface area contributed by atoms with Crippen LogP contribution < -0.4 is 5.32 Å². The van der Waals surface area contributed by atoms with Crippen molar-refractivity contribution in [3.8, 4) is 0 Å². The molecule has 1 aliphatic carbocycles. The number of ether oxygens (including phenoxy) is 1. The van der Waals surface area contributed by atoms with Gasteiger partial charge in [0.25, 0.3) is 0 Å². The Kier molecular flexibility index (Phi) is 3.72. The average molecular weight is 280 g/mol. The smallest absolute Gasteiger partial charge is 0.408 e. The monoisotopic (exact) mass is 280 g/mol. The van der Waals surface area contributed by atoms with Crippen LogP contribution in [0.5, 0.6) is 0 Å². The Labute approximate surface area is 109 Å². The van der Waals surface area contributed by atoms with E-state index in [1.165, 1.54) is 0 Å². The third kappa shape index (κ3) is 4.59. The first-order valence-electron chi connectivity index (χ1n) is 6.36. The first-order chi connectivity index (χ1) is 8.36. The van der Waals surface area contributed by atoms with Gasteiger partial charge in [0.2, 0.25) is 7.37 Å². The standard InChI is InChI=1S/C11H22NO5P/c1-10(2,3)17-9(14)12-11(4)5-8(11)6-18(15,16)7-13/h8,13H,5-7H2,1-4H3,(H,12,14)(H,15,16)/t8-,11-/m0/s1/i7D/t7?,8-,11-. The molecule has 18 heavy (non-hydrogen) atoms. The van der Waals surface area contributed by atoms with E-state index in [9.17, 15) is 14.3 Å². The van der Waals surface area contributed by atoms with E-state index in [1.807, 2.05) is 0 Å². The number of amides is 1. The van der Waals surface area contributed by atoms with Crippen LogP contribution in [0.3, 0.4) is 0 Å². The Balaban J connectivity index is 2.50. The summed E-state index contributed by atoms with van der Waals surface area (Å²) in [6, 6.07) is 0. The predicted octanol–water partition coefficient (Wildman–Crippen LogP) is 1.51. The lowest BCUT2D eigenvalue weighted by molar-refractivity contribution is 0.0497. The SMILES string of the molecule is [2H]C(O)P(=O)(O)C[C@@H]1C[C@]1(C)NC(=O)OC(C)(C)C. The lowest BCUT2D eigenvalue weighted by atomic mass is 10.2. The molecule has 1 saturated carbocycles. The summed E-state index contributed by atoms with van der Waals surface area (Å²) in [7, 11) is -3.89. The molecule has 1 amide bonds. The predicted molar refractivity (Wildman–Crippen MR) is 67.7 cm³/mol. The molecule has 0 radical (unpaired) electrons. The van der Waals surface area contributed by atoms with Crippen molar-refractivity contribution in [2.24, 2.45) is 5.92 Å². The fraction of sp³-hybridized carbons (Fsp3) is 0.909. The first-order valence-corrected chi connectivity index (χ1v) is 7.70. The maximum Gasteiger partial charge on any atom is 0.408 e. The van der Waals surface area contributed by atoms with E-state index in [4.69, 9.17) is 11.2 Å². The van der Waals surface area contributed by atoms with Crippen molar-refractivity contribution in [3.05, 3.63) is 0 Å². The second kappa shape index (κ2) is 4.83. The average Bonchev–Trinajstić information content (AvgIpc) is 2.69. The lowest BCUT2D eigenvalue weighted by Gasteiger charge is -2.22. The van der Waals surface area contributed by atoms with Crippen molar-refractivity contribution in [1.82, 2.24) is 5.32 Å². The van der Waals surface area contributed by atoms with Gasteiger partial charge in [-0.25, -0.2) is 4.79 Å². The first kappa shape index (κ1) is 13.8. The summed E-state index contributed by atoms with van der Waals surface area (Å²) >= 11 is 0. The van der Waals surface area contributed by atoms with Gasteiger partial charge in [-0.15, -0.1) is 0 Å². The Hall–Kier alpha value is -0.580. The van der Waals surface area contributed by atoms with Gasteiger partial charge in [0.15, 0.2) is 0 Å². The molecule has 0 aromatic heterocycles. The zero-order valence-electron chi connectivity index (χ0n) is 12.1. The van der Waals surface area contributed by atoms with E-state index in [0.717, 1.165) is 0 Å². The molecule has 0 aliphatic heterocycles. The topological polar surface area (TPSA) is 95.9 Å². The molecule has 2 unspecified atom stereocenters. The third-order valence-electron chi connectivity index (χ3n) is 2.86. The Morgan fingerprint density at radius 1 is 1.67 bits per heavy atom. The maximum atomic E-state index is 11.6. The Morgan fingerprint density at radius 3 is 2.67 bits per heavy atom. The molecule has 1 rings (SSSR count). The van der Waals surface area contributed by atoms with Crippen LogP contribution in [0.25, 0.3) is 0 Å². The van der Waals surface area contributed by atoms with Crippen molar-refractivity contribution in [1.29, 1.82) is 0 Å². The number of carbonyl (C=O) groups is 1. The number of hydrogen-bond donors (Lipinski definition) is 3. The Bertz CT molecular complexity index is 408. The highest BCUT2D eigenvalue weighted by molar-refractivity contribution is 7.57. The number of alkyl carbamates (subject to hydrolysis) is 1. The van der Waals surface area contributed by atoms with Gasteiger partial charge >= 0.3 is 6.09 Å². The van der Waals surface area contributed by atoms with Crippen LogP contribution in [0.1, 0.15) is 35.5 Å². The maximum absolute atomic E-state index is 11.6. The van der Waals surface area contributed by atoms with Gasteiger partial charge in [0.05, 0.1) is 1.37 Å². The van der Waals surface area contributed by atoms with Gasteiger partial charge in [0, 0.05) is 11.7 Å². The summed E-state index contributed by atoms with van der Waals surface area (Å²) in [5.74, 6) is -0.226. The number of rotatable bonds is 4. The van der Waals surface area contributed by atoms with E-state index in [1.54, 1.807) is 27.7 Å². The minimum Gasteiger partial charge on any atom is -0.444 e. The van der Waals surface area contributed by atoms with Gasteiger partial charge in [-0.1, -0.05) is 0 Å². The van der Waals surface area contributed by atoms with Crippen LogP contribution in [-0.4, -0.2) is 39.7 Å². The highest BCUT2D eigenvalue weighted by atomic mass is 31.2. The molecule has 0 saturated heterocycles. The van der Waals surface area contributed by atoms with Crippen LogP contribution in [0.2, 0.25) is 0 Å². The van der Waals surface area contributed by atoms with E-state index < -0.39 is 30.9 Å². The fourth-order valence-electron chi connectivity index (χ4n) is 1.77. The summed E-state index contributed by atoms with van der Waals surface area (Å²) in [6.07, 6.45) is -2.21. The number of nitrogens with one attached hydrogen (secondary N) is 1. The summed E-state index contributed by atoms with van der Waals surface area (Å²) in [6.45, 7) is 6.99. The van der Waals surface area contributed by atoms with Crippen molar-refractivity contribution < 1.29 is 25.5 Å². The molecule has 7 heteroatoms. The van der Waals surface area contributed by atoms with Crippen molar-refractivity contribution in [3.63, 3.8) is 0 Å². The van der Waals surface area contributed by atoms with Crippen LogP contribution in [0.4, 0.5) is 4.79 Å². The van der Waals surface area contributed by atoms with Crippen molar-refractivity contribution in [2.45, 2.75) is 45.3 Å². The molecule has 4 atom stereocenters. The lowest BCUT2D eigenvalue weighted by Crippen LogP contribution is -2.40. The van der Waals surface area contributed by atoms with Crippen molar-refractivity contribution >= 4 is 13.5 Å². The van der Waals surface area contributed by atoms with Crippen LogP contribution >= 0.6 is 7.37 Å². The summed E-state index contributed by atoms with van der Waals surface area (Å²) in [4.78, 5) is 21.0. The van der Waals surface area contributed by atoms with Gasteiger partial charge in [-0.05, 0) is 40.0 Å². The van der Waals surface area contributed by atoms with E-state index in [0.29, 0.717) is 6.42 Å². The molecular weight excluding hydrogens is 257 g/mol. The Morgan fingerprint density at radius 2 is 2.22 bits per heavy atom. The van der Waals surface area contributed by atoms with Gasteiger partial charge < -0.3 is 20.1 Å². The van der Waals surface area contributed by atoms with E-state index in [2.05, 4.69) is 5.32 Å². The second-order valence-corrected chi connectivity index (χ2v) is 8.11. The molecule has 0 aromatic rings. The molecule has 1 fully saturated rings. The van der Waals surface area contributed by atoms with E-state index in [-0.39, 0.29) is 12.1 Å². The highest BCUT2D eigenvalue weighted by Gasteiger charge is 2.53. The highest BCUT2D eigenvalue weighted by Crippen LogP contribution is 2.53. The van der Waals surface area contributed by atoms with Crippen LogP contribution in [0.15, 0.2) is 0 Å². The minimum absolute atomic E-state index is 0.177. The van der Waals surface area contributed by atoms with Gasteiger partial charge in [-0.2, -0.15) is 0 Å². The van der Waals surface area contributed by atoms with Gasteiger partial charge in [0.1, 0.15) is 11.9 Å². The largest absolute Gasteiger partial charge is 0.444 e. The molecule has 0 aromatic carbocycles. The molecule has 0 spiro atoms. The zero-order valence-corrected chi connectivity index (χ0v) is 12.0. The van der Waals surface area contributed by atoms with Gasteiger partial charge in [-0.3, -0.25) is 4.57 Å². The number of hydrogen-bond acceptors (Lipinski definition) is 4. The molecular formula is C11H22NO5P. The summed E-state index contributed by atoms with van der Waals surface area (Å²) in [5.41, 5.74) is -1.20. The van der Waals surface area contributed by atoms with Crippen molar-refractivity contribution in [2.75, 3.05) is 12.5 Å². The number of aliphatic hydroxyl groups excluding tert-OH is 1. The van der Waals surface area contributed by atoms with Crippen LogP contribution in [-0.2, 0) is 9.30 Å². The second-order valence-electron chi connectivity index (χ2n) is 6.00. The molecule has 6 nitrogen and oxygen atoms in total. The molecule has 3 N–H and O–H groups in total. The normalized spacial score (nSPS) is 33.0. The van der Waals surface area contributed by atoms with E-state index >= 15 is 0 Å². The fourth-order valence-corrected chi connectivity index (χ4v) is 3.03. The number of aliphatic hydroxyl groups is 1. The van der Waals surface area contributed by atoms with Crippen LogP contribution in [0, 0.1) is 5.92 Å². The zero-order chi connectivity index (χ0) is 15.1. The number of carbonyl (C=O) groups excluding carboxylic acids is 1. The minimum atomic E-state index is -3.89. The third-order valence-corrected chi connectivity index (χ3v) is 4.19. The summed E-state index contributed by atoms with van der Waals surface area (Å²) in [5, 5.41) is 11.6.